The summed E-state index contributed by atoms with van der Waals surface area (Å²) in [6, 6.07) is 26.4. The van der Waals surface area contributed by atoms with E-state index in [1.807, 2.05) is 72.8 Å². The average Bonchev–Trinajstić information content (AvgIpc) is 2.75. The summed E-state index contributed by atoms with van der Waals surface area (Å²) in [6.07, 6.45) is 0.184. The third-order valence-electron chi connectivity index (χ3n) is 5.42. The summed E-state index contributed by atoms with van der Waals surface area (Å²) >= 11 is 0. The molecule has 1 aromatic heterocycles. The Balaban J connectivity index is 1.79. The molecule has 0 fully saturated rings. The van der Waals surface area contributed by atoms with Gasteiger partial charge < -0.3 is 5.21 Å². The molecular weight excluding hydrogens is 364 g/mol. The molecular formula is C24H16N2O3. The molecule has 0 aliphatic carbocycles. The predicted octanol–water partition coefficient (Wildman–Crippen LogP) is 5.28. The summed E-state index contributed by atoms with van der Waals surface area (Å²) < 4.78 is 0.724. The largest absolute Gasteiger partial charge is 0.618 e. The summed E-state index contributed by atoms with van der Waals surface area (Å²) in [7, 11) is 0. The summed E-state index contributed by atoms with van der Waals surface area (Å²) in [5, 5.41) is 29.5. The number of benzene rings is 4. The zero-order valence-corrected chi connectivity index (χ0v) is 15.4. The van der Waals surface area contributed by atoms with E-state index in [1.54, 1.807) is 6.07 Å². The maximum atomic E-state index is 13.3. The van der Waals surface area contributed by atoms with E-state index in [1.165, 1.54) is 6.07 Å². The normalized spacial score (nSPS) is 11.3. The SMILES string of the molecule is O=[N+]([O-])c1cc2c3ccccc3ccc2[n+]([O-])c1Cc1cccc2ccccc12. The van der Waals surface area contributed by atoms with Crippen molar-refractivity contribution in [3.63, 3.8) is 0 Å². The first-order valence-electron chi connectivity index (χ1n) is 9.31. The second kappa shape index (κ2) is 6.56. The van der Waals surface area contributed by atoms with Gasteiger partial charge in [0.1, 0.15) is 0 Å². The van der Waals surface area contributed by atoms with Crippen molar-refractivity contribution in [3.05, 3.63) is 112 Å². The molecule has 0 spiro atoms. The van der Waals surface area contributed by atoms with E-state index >= 15 is 0 Å². The van der Waals surface area contributed by atoms with Crippen molar-refractivity contribution in [2.24, 2.45) is 0 Å². The Morgan fingerprint density at radius 3 is 2.17 bits per heavy atom. The Kier molecular flexibility index (Phi) is 3.88. The Bertz CT molecular complexity index is 1420. The van der Waals surface area contributed by atoms with Gasteiger partial charge in [0.05, 0.1) is 16.7 Å². The van der Waals surface area contributed by atoms with Gasteiger partial charge in [0.2, 0.25) is 5.52 Å². The lowest BCUT2D eigenvalue weighted by molar-refractivity contribution is -0.590. The summed E-state index contributed by atoms with van der Waals surface area (Å²) in [5.41, 5.74) is 1.31. The van der Waals surface area contributed by atoms with E-state index in [0.717, 1.165) is 31.8 Å². The van der Waals surface area contributed by atoms with Crippen molar-refractivity contribution < 1.29 is 9.65 Å². The van der Waals surface area contributed by atoms with Crippen LogP contribution in [0.2, 0.25) is 0 Å². The minimum absolute atomic E-state index is 0.147. The topological polar surface area (TPSA) is 70.1 Å². The van der Waals surface area contributed by atoms with Crippen molar-refractivity contribution in [2.45, 2.75) is 6.42 Å². The number of fused-ring (bicyclic) bond motifs is 4. The molecule has 0 unspecified atom stereocenters. The first-order chi connectivity index (χ1) is 14.1. The minimum atomic E-state index is -0.462. The molecule has 5 rings (SSSR count). The van der Waals surface area contributed by atoms with Crippen LogP contribution in [0, 0.1) is 15.3 Å². The maximum Gasteiger partial charge on any atom is 0.337 e. The molecule has 1 heterocycles. The van der Waals surface area contributed by atoms with Gasteiger partial charge in [-0.3, -0.25) is 10.1 Å². The van der Waals surface area contributed by atoms with Crippen molar-refractivity contribution in [3.8, 4) is 0 Å². The van der Waals surface area contributed by atoms with Gasteiger partial charge in [0, 0.05) is 12.1 Å². The number of pyridine rings is 1. The molecule has 0 bridgehead atoms. The quantitative estimate of drug-likeness (QED) is 0.141. The lowest BCUT2D eigenvalue weighted by Gasteiger charge is -2.11. The van der Waals surface area contributed by atoms with Crippen LogP contribution < -0.4 is 4.73 Å². The highest BCUT2D eigenvalue weighted by Gasteiger charge is 2.27. The number of nitro groups is 1. The van der Waals surface area contributed by atoms with Gasteiger partial charge in [-0.15, -0.1) is 0 Å². The Morgan fingerprint density at radius 2 is 1.41 bits per heavy atom. The summed E-state index contributed by atoms with van der Waals surface area (Å²) in [4.78, 5) is 11.4. The lowest BCUT2D eigenvalue weighted by Crippen LogP contribution is -2.34. The highest BCUT2D eigenvalue weighted by atomic mass is 16.6. The number of rotatable bonds is 3. The van der Waals surface area contributed by atoms with Gasteiger partial charge >= 0.3 is 5.69 Å². The maximum absolute atomic E-state index is 13.3. The van der Waals surface area contributed by atoms with Crippen LogP contribution in [0.25, 0.3) is 32.4 Å². The molecule has 0 radical (unpaired) electrons. The average molecular weight is 380 g/mol. The molecule has 0 amide bonds. The van der Waals surface area contributed by atoms with Gasteiger partial charge in [0.25, 0.3) is 5.69 Å². The van der Waals surface area contributed by atoms with Crippen molar-refractivity contribution in [2.75, 3.05) is 0 Å². The monoisotopic (exact) mass is 380 g/mol. The molecule has 0 saturated carbocycles. The van der Waals surface area contributed by atoms with Crippen molar-refractivity contribution in [1.82, 2.24) is 0 Å². The van der Waals surface area contributed by atoms with Gasteiger partial charge in [-0.1, -0.05) is 66.7 Å². The van der Waals surface area contributed by atoms with Crippen LogP contribution in [0.15, 0.2) is 84.9 Å². The molecule has 4 aromatic carbocycles. The Morgan fingerprint density at radius 1 is 0.759 bits per heavy atom. The minimum Gasteiger partial charge on any atom is -0.618 e. The Hall–Kier alpha value is -3.99. The predicted molar refractivity (Wildman–Crippen MR) is 114 cm³/mol. The van der Waals surface area contributed by atoms with E-state index in [2.05, 4.69) is 0 Å². The van der Waals surface area contributed by atoms with E-state index in [0.29, 0.717) is 10.9 Å². The summed E-state index contributed by atoms with van der Waals surface area (Å²) in [5.74, 6) is 0. The molecule has 0 aliphatic rings. The lowest BCUT2D eigenvalue weighted by atomic mass is 9.98. The van der Waals surface area contributed by atoms with Crippen molar-refractivity contribution >= 4 is 38.1 Å². The molecule has 5 heteroatoms. The van der Waals surface area contributed by atoms with Gasteiger partial charge in [-0.2, -0.15) is 4.73 Å². The molecule has 0 N–H and O–H groups in total. The van der Waals surface area contributed by atoms with E-state index < -0.39 is 4.92 Å². The second-order valence-corrected chi connectivity index (χ2v) is 7.06. The van der Waals surface area contributed by atoms with Gasteiger partial charge in [-0.25, -0.2) is 0 Å². The highest BCUT2D eigenvalue weighted by Crippen LogP contribution is 2.30. The van der Waals surface area contributed by atoms with Crippen LogP contribution in [-0.2, 0) is 6.42 Å². The fourth-order valence-electron chi connectivity index (χ4n) is 4.03. The molecule has 5 nitrogen and oxygen atoms in total. The van der Waals surface area contributed by atoms with E-state index in [-0.39, 0.29) is 17.8 Å². The third-order valence-corrected chi connectivity index (χ3v) is 5.42. The number of hydrogen-bond acceptors (Lipinski definition) is 3. The fraction of sp³-hybridized carbons (Fsp3) is 0.0417. The van der Waals surface area contributed by atoms with Gasteiger partial charge in [0.15, 0.2) is 0 Å². The van der Waals surface area contributed by atoms with Crippen LogP contribution in [0.1, 0.15) is 11.3 Å². The zero-order chi connectivity index (χ0) is 20.0. The molecule has 29 heavy (non-hydrogen) atoms. The molecule has 5 aromatic rings. The third kappa shape index (κ3) is 2.75. The van der Waals surface area contributed by atoms with E-state index in [4.69, 9.17) is 0 Å². The van der Waals surface area contributed by atoms with Crippen LogP contribution in [0.3, 0.4) is 0 Å². The van der Waals surface area contributed by atoms with Gasteiger partial charge in [-0.05, 0) is 33.2 Å². The van der Waals surface area contributed by atoms with E-state index in [9.17, 15) is 15.3 Å². The molecule has 0 saturated heterocycles. The second-order valence-electron chi connectivity index (χ2n) is 7.06. The molecule has 0 atom stereocenters. The first-order valence-corrected chi connectivity index (χ1v) is 9.31. The van der Waals surface area contributed by atoms with Crippen molar-refractivity contribution in [1.29, 1.82) is 0 Å². The van der Waals surface area contributed by atoms with Crippen LogP contribution >= 0.6 is 0 Å². The fourth-order valence-corrected chi connectivity index (χ4v) is 4.03. The number of aromatic nitrogens is 1. The smallest absolute Gasteiger partial charge is 0.337 e. The van der Waals surface area contributed by atoms with Crippen LogP contribution in [0.4, 0.5) is 5.69 Å². The summed E-state index contributed by atoms with van der Waals surface area (Å²) in [6.45, 7) is 0. The Labute approximate surface area is 166 Å². The number of nitrogens with zero attached hydrogens (tertiary/aromatic N) is 2. The van der Waals surface area contributed by atoms with Crippen LogP contribution in [0.5, 0.6) is 0 Å². The molecule has 0 aliphatic heterocycles. The zero-order valence-electron chi connectivity index (χ0n) is 15.4. The van der Waals surface area contributed by atoms with Crippen LogP contribution in [-0.4, -0.2) is 4.92 Å². The standard InChI is InChI=1S/C24H16N2O3/c27-25-22-13-12-17-7-2-4-11-20(17)21(22)15-24(26(28)29)23(25)14-18-9-5-8-16-6-1-3-10-19(16)18/h1-13,15H,14H2. The molecule has 140 valence electrons. The highest BCUT2D eigenvalue weighted by molar-refractivity contribution is 6.05. The first kappa shape index (κ1) is 17.1. The number of hydrogen-bond donors (Lipinski definition) is 0.